The van der Waals surface area contributed by atoms with Gasteiger partial charge in [-0.1, -0.05) is 36.4 Å². The van der Waals surface area contributed by atoms with Crippen molar-refractivity contribution < 1.29 is 17.6 Å². The lowest BCUT2D eigenvalue weighted by molar-refractivity contribution is -0.115. The molecule has 0 fully saturated rings. The van der Waals surface area contributed by atoms with E-state index in [-0.39, 0.29) is 12.5 Å². The normalized spacial score (nSPS) is 16.1. The van der Waals surface area contributed by atoms with E-state index in [2.05, 4.69) is 10.0 Å². The Morgan fingerprint density at radius 2 is 1.78 bits per heavy atom. The number of fused-ring (bicyclic) bond motifs is 1. The summed E-state index contributed by atoms with van der Waals surface area (Å²) in [7, 11) is -3.53. The lowest BCUT2D eigenvalue weighted by atomic mass is 9.95. The molecule has 1 aliphatic rings. The van der Waals surface area contributed by atoms with Gasteiger partial charge in [-0.2, -0.15) is 0 Å². The highest BCUT2D eigenvalue weighted by molar-refractivity contribution is 7.90. The van der Waals surface area contributed by atoms with E-state index in [9.17, 15) is 17.6 Å². The molecule has 2 aromatic carbocycles. The summed E-state index contributed by atoms with van der Waals surface area (Å²) in [6, 6.07) is 12.7. The van der Waals surface area contributed by atoms with Gasteiger partial charge in [0.25, 0.3) is 0 Å². The SMILES string of the molecule is CC(C)S(=O)(=O)NCC(C)(F)c1ccc(-c2ccc3c(c2)NC(=O)C3)cc1. The molecule has 0 spiro atoms. The summed E-state index contributed by atoms with van der Waals surface area (Å²) >= 11 is 0. The zero-order valence-electron chi connectivity index (χ0n) is 15.5. The number of alkyl halides is 1. The summed E-state index contributed by atoms with van der Waals surface area (Å²) in [5.41, 5.74) is 2.15. The van der Waals surface area contributed by atoms with Crippen molar-refractivity contribution in [2.45, 2.75) is 38.1 Å². The molecule has 27 heavy (non-hydrogen) atoms. The van der Waals surface area contributed by atoms with Crippen LogP contribution in [-0.2, 0) is 26.9 Å². The van der Waals surface area contributed by atoms with E-state index in [0.29, 0.717) is 12.0 Å². The fraction of sp³-hybridized carbons (Fsp3) is 0.350. The third-order valence-electron chi connectivity index (χ3n) is 4.78. The molecule has 5 nitrogen and oxygen atoms in total. The summed E-state index contributed by atoms with van der Waals surface area (Å²) in [5, 5.41) is 2.20. The average molecular weight is 390 g/mol. The van der Waals surface area contributed by atoms with Crippen molar-refractivity contribution >= 4 is 21.6 Å². The van der Waals surface area contributed by atoms with E-state index in [1.165, 1.54) is 6.92 Å². The molecule has 1 atom stereocenters. The summed E-state index contributed by atoms with van der Waals surface area (Å²) in [6.45, 7) is 4.13. The van der Waals surface area contributed by atoms with Crippen molar-refractivity contribution in [2.75, 3.05) is 11.9 Å². The Balaban J connectivity index is 1.77. The Kier molecular flexibility index (Phi) is 5.10. The predicted octanol–water partition coefficient (Wildman–Crippen LogP) is 3.36. The number of nitrogens with one attached hydrogen (secondary N) is 2. The summed E-state index contributed by atoms with van der Waals surface area (Å²) in [4.78, 5) is 11.5. The molecular weight excluding hydrogens is 367 g/mol. The first-order valence-corrected chi connectivity index (χ1v) is 10.3. The summed E-state index contributed by atoms with van der Waals surface area (Å²) in [5.74, 6) is -0.0189. The number of hydrogen-bond acceptors (Lipinski definition) is 3. The maximum atomic E-state index is 15.0. The number of amides is 1. The number of carbonyl (C=O) groups is 1. The highest BCUT2D eigenvalue weighted by atomic mass is 32.2. The van der Waals surface area contributed by atoms with Gasteiger partial charge in [-0.05, 0) is 49.1 Å². The molecule has 0 saturated carbocycles. The Morgan fingerprint density at radius 1 is 1.15 bits per heavy atom. The molecule has 1 heterocycles. The third kappa shape index (κ3) is 4.20. The van der Waals surface area contributed by atoms with E-state index >= 15 is 0 Å². The highest BCUT2D eigenvalue weighted by Crippen LogP contribution is 2.31. The number of benzene rings is 2. The molecular formula is C20H23FN2O3S. The van der Waals surface area contributed by atoms with Crippen molar-refractivity contribution in [3.05, 3.63) is 53.6 Å². The van der Waals surface area contributed by atoms with E-state index < -0.39 is 20.9 Å². The zero-order valence-corrected chi connectivity index (χ0v) is 16.4. The van der Waals surface area contributed by atoms with Crippen LogP contribution in [0.3, 0.4) is 0 Å². The number of carbonyl (C=O) groups excluding carboxylic acids is 1. The Hall–Kier alpha value is -2.25. The van der Waals surface area contributed by atoms with E-state index in [1.54, 1.807) is 38.1 Å². The van der Waals surface area contributed by atoms with Gasteiger partial charge in [0.1, 0.15) is 5.67 Å². The van der Waals surface area contributed by atoms with Gasteiger partial charge >= 0.3 is 0 Å². The monoisotopic (exact) mass is 390 g/mol. The second kappa shape index (κ2) is 7.05. The fourth-order valence-electron chi connectivity index (χ4n) is 2.91. The second-order valence-corrected chi connectivity index (χ2v) is 9.61. The predicted molar refractivity (Wildman–Crippen MR) is 105 cm³/mol. The van der Waals surface area contributed by atoms with Gasteiger partial charge in [0.15, 0.2) is 0 Å². The van der Waals surface area contributed by atoms with E-state index in [0.717, 1.165) is 22.4 Å². The van der Waals surface area contributed by atoms with Gasteiger partial charge in [-0.3, -0.25) is 4.79 Å². The van der Waals surface area contributed by atoms with E-state index in [4.69, 9.17) is 0 Å². The van der Waals surface area contributed by atoms with Crippen LogP contribution in [0.4, 0.5) is 10.1 Å². The maximum Gasteiger partial charge on any atom is 0.228 e. The van der Waals surface area contributed by atoms with Crippen molar-refractivity contribution in [1.29, 1.82) is 0 Å². The molecule has 2 N–H and O–H groups in total. The van der Waals surface area contributed by atoms with Crippen LogP contribution in [-0.4, -0.2) is 26.1 Å². The van der Waals surface area contributed by atoms with Crippen LogP contribution >= 0.6 is 0 Å². The standard InChI is InChI=1S/C20H23FN2O3S/c1-13(2)27(25,26)22-12-20(3,21)17-8-6-14(7-9-17)15-4-5-16-11-19(24)23-18(16)10-15/h4-10,13,22H,11-12H2,1-3H3,(H,23,24). The summed E-state index contributed by atoms with van der Waals surface area (Å²) in [6.07, 6.45) is 0.390. The molecule has 0 saturated heterocycles. The van der Waals surface area contributed by atoms with Crippen LogP contribution in [0.25, 0.3) is 11.1 Å². The number of anilines is 1. The van der Waals surface area contributed by atoms with E-state index in [1.807, 2.05) is 18.2 Å². The molecule has 0 bridgehead atoms. The number of hydrogen-bond donors (Lipinski definition) is 2. The molecule has 0 aliphatic carbocycles. The molecule has 1 unspecified atom stereocenters. The Bertz CT molecular complexity index is 967. The third-order valence-corrected chi connectivity index (χ3v) is 6.57. The molecule has 7 heteroatoms. The lowest BCUT2D eigenvalue weighted by Crippen LogP contribution is -2.39. The number of sulfonamides is 1. The minimum absolute atomic E-state index is 0.0189. The number of rotatable bonds is 6. The van der Waals surface area contributed by atoms with Crippen LogP contribution in [0.5, 0.6) is 0 Å². The first-order valence-electron chi connectivity index (χ1n) is 8.79. The maximum absolute atomic E-state index is 15.0. The fourth-order valence-corrected chi connectivity index (χ4v) is 3.71. The lowest BCUT2D eigenvalue weighted by Gasteiger charge is -2.22. The minimum atomic E-state index is -3.53. The highest BCUT2D eigenvalue weighted by Gasteiger charge is 2.29. The van der Waals surface area contributed by atoms with Crippen molar-refractivity contribution in [3.63, 3.8) is 0 Å². The summed E-state index contributed by atoms with van der Waals surface area (Å²) < 4.78 is 41.0. The van der Waals surface area contributed by atoms with Crippen LogP contribution in [0, 0.1) is 0 Å². The molecule has 1 amide bonds. The molecule has 0 radical (unpaired) electrons. The smallest absolute Gasteiger partial charge is 0.228 e. The van der Waals surface area contributed by atoms with Crippen molar-refractivity contribution in [3.8, 4) is 11.1 Å². The molecule has 1 aliphatic heterocycles. The van der Waals surface area contributed by atoms with Gasteiger partial charge in [-0.25, -0.2) is 17.5 Å². The first-order chi connectivity index (χ1) is 12.6. The topological polar surface area (TPSA) is 75.3 Å². The van der Waals surface area contributed by atoms with Crippen LogP contribution < -0.4 is 10.0 Å². The molecule has 144 valence electrons. The minimum Gasteiger partial charge on any atom is -0.326 e. The van der Waals surface area contributed by atoms with Gasteiger partial charge in [0, 0.05) is 12.2 Å². The zero-order chi connectivity index (χ0) is 19.8. The first kappa shape index (κ1) is 19.5. The Labute approximate surface area is 159 Å². The molecule has 0 aromatic heterocycles. The van der Waals surface area contributed by atoms with Crippen LogP contribution in [0.2, 0.25) is 0 Å². The number of halogens is 1. The average Bonchev–Trinajstić information content (AvgIpc) is 2.99. The van der Waals surface area contributed by atoms with Gasteiger partial charge in [-0.15, -0.1) is 0 Å². The van der Waals surface area contributed by atoms with Crippen molar-refractivity contribution in [2.24, 2.45) is 0 Å². The molecule has 3 rings (SSSR count). The van der Waals surface area contributed by atoms with Gasteiger partial charge in [0.2, 0.25) is 15.9 Å². The van der Waals surface area contributed by atoms with Crippen LogP contribution in [0.15, 0.2) is 42.5 Å². The Morgan fingerprint density at radius 3 is 2.41 bits per heavy atom. The van der Waals surface area contributed by atoms with Gasteiger partial charge in [0.05, 0.1) is 11.7 Å². The van der Waals surface area contributed by atoms with Crippen LogP contribution in [0.1, 0.15) is 31.9 Å². The second-order valence-electron chi connectivity index (χ2n) is 7.29. The van der Waals surface area contributed by atoms with Crippen molar-refractivity contribution in [1.82, 2.24) is 4.72 Å². The largest absolute Gasteiger partial charge is 0.326 e. The van der Waals surface area contributed by atoms with Gasteiger partial charge < -0.3 is 5.32 Å². The quantitative estimate of drug-likeness (QED) is 0.794. The molecule has 2 aromatic rings.